The van der Waals surface area contributed by atoms with Crippen molar-refractivity contribution >= 4 is 23.4 Å². The molecule has 0 radical (unpaired) electrons. The number of aryl methyl sites for hydroxylation is 2. The molecule has 0 spiro atoms. The lowest BCUT2D eigenvalue weighted by atomic mass is 10.1. The van der Waals surface area contributed by atoms with E-state index in [9.17, 15) is 4.79 Å². The minimum Gasteiger partial charge on any atom is -0.369 e. The van der Waals surface area contributed by atoms with E-state index in [-0.39, 0.29) is 5.91 Å². The van der Waals surface area contributed by atoms with Crippen LogP contribution in [0.2, 0.25) is 0 Å². The van der Waals surface area contributed by atoms with Crippen LogP contribution in [-0.4, -0.2) is 53.8 Å². The number of benzene rings is 2. The van der Waals surface area contributed by atoms with Crippen molar-refractivity contribution < 1.29 is 4.79 Å². The van der Waals surface area contributed by atoms with Crippen molar-refractivity contribution in [3.8, 4) is 0 Å². The van der Waals surface area contributed by atoms with Crippen LogP contribution in [0.25, 0.3) is 6.08 Å². The summed E-state index contributed by atoms with van der Waals surface area (Å²) < 4.78 is 1.99. The summed E-state index contributed by atoms with van der Waals surface area (Å²) in [4.78, 5) is 17.2. The van der Waals surface area contributed by atoms with E-state index in [2.05, 4.69) is 70.6 Å². The number of piperazine rings is 1. The first kappa shape index (κ1) is 22.8. The average molecular weight is 444 g/mol. The topological polar surface area (TPSA) is 53.4 Å². The normalized spacial score (nSPS) is 14.7. The first-order valence-corrected chi connectivity index (χ1v) is 11.5. The zero-order valence-corrected chi connectivity index (χ0v) is 20.0. The molecule has 3 aromatic rings. The predicted molar refractivity (Wildman–Crippen MR) is 136 cm³/mol. The number of carbonyl (C=O) groups is 1. The second-order valence-corrected chi connectivity index (χ2v) is 8.89. The van der Waals surface area contributed by atoms with Gasteiger partial charge >= 0.3 is 0 Å². The van der Waals surface area contributed by atoms with Gasteiger partial charge in [0.05, 0.1) is 12.2 Å². The third-order valence-electron chi connectivity index (χ3n) is 6.30. The summed E-state index contributed by atoms with van der Waals surface area (Å²) >= 11 is 0. The molecule has 6 nitrogen and oxygen atoms in total. The summed E-state index contributed by atoms with van der Waals surface area (Å²) in [5, 5.41) is 7.64. The quantitative estimate of drug-likeness (QED) is 0.579. The summed E-state index contributed by atoms with van der Waals surface area (Å²) in [6, 6.07) is 16.6. The fourth-order valence-corrected chi connectivity index (χ4v) is 4.14. The Hall–Kier alpha value is -3.38. The highest BCUT2D eigenvalue weighted by Gasteiger charge is 2.14. The highest BCUT2D eigenvalue weighted by atomic mass is 16.1. The van der Waals surface area contributed by atoms with E-state index in [1.807, 2.05) is 36.7 Å². The Kier molecular flexibility index (Phi) is 6.94. The van der Waals surface area contributed by atoms with Crippen LogP contribution in [-0.2, 0) is 11.3 Å². The van der Waals surface area contributed by atoms with Crippen molar-refractivity contribution in [2.45, 2.75) is 27.3 Å². The van der Waals surface area contributed by atoms with E-state index < -0.39 is 0 Å². The van der Waals surface area contributed by atoms with E-state index >= 15 is 0 Å². The van der Waals surface area contributed by atoms with Gasteiger partial charge in [-0.25, -0.2) is 0 Å². The van der Waals surface area contributed by atoms with Gasteiger partial charge in [-0.1, -0.05) is 29.8 Å². The largest absolute Gasteiger partial charge is 0.369 e. The SMILES string of the molecule is Cc1ccc(Cn2nc(C)c(/C=C/C(=O)Nc3ccc(N4CCN(C)CC4)cc3)c2C)cc1. The Balaban J connectivity index is 1.37. The Bertz CT molecular complexity index is 1120. The van der Waals surface area contributed by atoms with Gasteiger partial charge in [-0.05, 0) is 63.7 Å². The van der Waals surface area contributed by atoms with Gasteiger partial charge in [0, 0.05) is 54.9 Å². The van der Waals surface area contributed by atoms with Crippen molar-refractivity contribution in [1.29, 1.82) is 0 Å². The lowest BCUT2D eigenvalue weighted by Gasteiger charge is -2.34. The number of likely N-dealkylation sites (N-methyl/N-ethyl adjacent to an activating group) is 1. The van der Waals surface area contributed by atoms with Crippen LogP contribution < -0.4 is 10.2 Å². The predicted octanol–water partition coefficient (Wildman–Crippen LogP) is 4.26. The number of hydrogen-bond acceptors (Lipinski definition) is 4. The minimum atomic E-state index is -0.146. The molecule has 0 saturated carbocycles. The Morgan fingerprint density at radius 3 is 2.30 bits per heavy atom. The maximum Gasteiger partial charge on any atom is 0.248 e. The molecule has 2 aromatic carbocycles. The van der Waals surface area contributed by atoms with Crippen LogP contribution in [0.3, 0.4) is 0 Å². The molecule has 1 saturated heterocycles. The summed E-state index contributed by atoms with van der Waals surface area (Å²) in [5.41, 5.74) is 7.40. The smallest absolute Gasteiger partial charge is 0.248 e. The first-order chi connectivity index (χ1) is 15.9. The monoisotopic (exact) mass is 443 g/mol. The molecule has 2 heterocycles. The average Bonchev–Trinajstić information content (AvgIpc) is 3.07. The van der Waals surface area contributed by atoms with Crippen molar-refractivity contribution in [2.75, 3.05) is 43.4 Å². The van der Waals surface area contributed by atoms with Crippen molar-refractivity contribution in [3.05, 3.63) is 82.7 Å². The highest BCUT2D eigenvalue weighted by Crippen LogP contribution is 2.20. The molecule has 0 atom stereocenters. The molecule has 0 unspecified atom stereocenters. The van der Waals surface area contributed by atoms with Gasteiger partial charge in [0.25, 0.3) is 0 Å². The molecule has 4 rings (SSSR count). The van der Waals surface area contributed by atoms with Gasteiger partial charge in [0.2, 0.25) is 5.91 Å². The number of anilines is 2. The highest BCUT2D eigenvalue weighted by molar-refractivity contribution is 6.02. The fraction of sp³-hybridized carbons (Fsp3) is 0.333. The molecule has 1 aromatic heterocycles. The van der Waals surface area contributed by atoms with E-state index in [1.54, 1.807) is 6.08 Å². The molecule has 1 aliphatic heterocycles. The maximum absolute atomic E-state index is 12.5. The molecular formula is C27H33N5O. The number of amides is 1. The number of rotatable bonds is 6. The molecule has 1 aliphatic rings. The number of aromatic nitrogens is 2. The Morgan fingerprint density at radius 2 is 1.64 bits per heavy atom. The minimum absolute atomic E-state index is 0.146. The Labute approximate surface area is 196 Å². The first-order valence-electron chi connectivity index (χ1n) is 11.5. The summed E-state index contributed by atoms with van der Waals surface area (Å²) in [5.74, 6) is -0.146. The molecule has 172 valence electrons. The molecule has 0 aliphatic carbocycles. The van der Waals surface area contributed by atoms with Crippen LogP contribution in [0.5, 0.6) is 0 Å². The second-order valence-electron chi connectivity index (χ2n) is 8.89. The van der Waals surface area contributed by atoms with Crippen molar-refractivity contribution in [1.82, 2.24) is 14.7 Å². The van der Waals surface area contributed by atoms with Crippen LogP contribution in [0.15, 0.2) is 54.6 Å². The van der Waals surface area contributed by atoms with E-state index in [0.29, 0.717) is 6.54 Å². The van der Waals surface area contributed by atoms with E-state index in [1.165, 1.54) is 16.8 Å². The molecule has 1 N–H and O–H groups in total. The third kappa shape index (κ3) is 5.71. The summed E-state index contributed by atoms with van der Waals surface area (Å²) in [6.07, 6.45) is 3.44. The number of carbonyl (C=O) groups excluding carboxylic acids is 1. The number of nitrogens with one attached hydrogen (secondary N) is 1. The zero-order chi connectivity index (χ0) is 23.4. The zero-order valence-electron chi connectivity index (χ0n) is 20.0. The van der Waals surface area contributed by atoms with Gasteiger partial charge < -0.3 is 15.1 Å². The molecule has 1 amide bonds. The molecule has 6 heteroatoms. The molecule has 1 fully saturated rings. The Morgan fingerprint density at radius 1 is 0.970 bits per heavy atom. The van der Waals surface area contributed by atoms with E-state index in [0.717, 1.165) is 48.8 Å². The number of nitrogens with zero attached hydrogens (tertiary/aromatic N) is 4. The van der Waals surface area contributed by atoms with Gasteiger partial charge in [-0.15, -0.1) is 0 Å². The second kappa shape index (κ2) is 10.0. The standard InChI is InChI=1S/C27H33N5O/c1-20-5-7-23(8-6-20)19-32-22(3)26(21(2)29-32)13-14-27(33)28-24-9-11-25(12-10-24)31-17-15-30(4)16-18-31/h5-14H,15-19H2,1-4H3,(H,28,33)/b14-13+. The lowest BCUT2D eigenvalue weighted by Crippen LogP contribution is -2.44. The fourth-order valence-electron chi connectivity index (χ4n) is 4.14. The summed E-state index contributed by atoms with van der Waals surface area (Å²) in [6.45, 7) is 11.0. The van der Waals surface area contributed by atoms with Crippen LogP contribution in [0.4, 0.5) is 11.4 Å². The molecular weight excluding hydrogens is 410 g/mol. The molecule has 33 heavy (non-hydrogen) atoms. The van der Waals surface area contributed by atoms with Crippen LogP contribution >= 0.6 is 0 Å². The molecule has 0 bridgehead atoms. The van der Waals surface area contributed by atoms with Crippen LogP contribution in [0, 0.1) is 20.8 Å². The van der Waals surface area contributed by atoms with Crippen LogP contribution in [0.1, 0.15) is 28.1 Å². The van der Waals surface area contributed by atoms with Gasteiger partial charge in [0.15, 0.2) is 0 Å². The van der Waals surface area contributed by atoms with Gasteiger partial charge in [-0.3, -0.25) is 9.48 Å². The van der Waals surface area contributed by atoms with Crippen molar-refractivity contribution in [2.24, 2.45) is 0 Å². The van der Waals surface area contributed by atoms with E-state index in [4.69, 9.17) is 0 Å². The maximum atomic E-state index is 12.5. The van der Waals surface area contributed by atoms with Crippen molar-refractivity contribution in [3.63, 3.8) is 0 Å². The number of hydrogen-bond donors (Lipinski definition) is 1. The van der Waals surface area contributed by atoms with Gasteiger partial charge in [-0.2, -0.15) is 5.10 Å². The lowest BCUT2D eigenvalue weighted by molar-refractivity contribution is -0.111. The van der Waals surface area contributed by atoms with Gasteiger partial charge in [0.1, 0.15) is 0 Å². The third-order valence-corrected chi connectivity index (χ3v) is 6.30. The summed E-state index contributed by atoms with van der Waals surface area (Å²) in [7, 11) is 2.15.